The Hall–Kier alpha value is -1.63. The number of carbonyl (C=O) groups is 1. The number of halogens is 2. The predicted molar refractivity (Wildman–Crippen MR) is 75.8 cm³/mol. The maximum Gasteiger partial charge on any atom is 0.335 e. The van der Waals surface area contributed by atoms with E-state index in [-0.39, 0.29) is 11.4 Å². The van der Waals surface area contributed by atoms with E-state index >= 15 is 0 Å². The normalized spacial score (nSPS) is 10.1. The molecule has 18 heavy (non-hydrogen) atoms. The number of hydrogen-bond donors (Lipinski definition) is 2. The monoisotopic (exact) mass is 357 g/mol. The van der Waals surface area contributed by atoms with Crippen LogP contribution in [0.25, 0.3) is 0 Å². The van der Waals surface area contributed by atoms with Crippen LogP contribution in [0.4, 0.5) is 15.8 Å². The van der Waals surface area contributed by atoms with Crippen molar-refractivity contribution < 1.29 is 14.3 Å². The fourth-order valence-corrected chi connectivity index (χ4v) is 2.05. The molecule has 0 heterocycles. The van der Waals surface area contributed by atoms with Crippen molar-refractivity contribution in [3.05, 3.63) is 57.4 Å². The van der Waals surface area contributed by atoms with E-state index in [4.69, 9.17) is 5.11 Å². The number of aromatic carboxylic acids is 1. The molecule has 0 aliphatic carbocycles. The van der Waals surface area contributed by atoms with Gasteiger partial charge in [0, 0.05) is 9.26 Å². The lowest BCUT2D eigenvalue weighted by atomic mass is 10.2. The lowest BCUT2D eigenvalue weighted by Gasteiger charge is -2.08. The summed E-state index contributed by atoms with van der Waals surface area (Å²) in [6.45, 7) is 0. The van der Waals surface area contributed by atoms with Gasteiger partial charge in [-0.1, -0.05) is 0 Å². The number of carboxylic acid groups (broad SMARTS) is 1. The number of rotatable bonds is 3. The van der Waals surface area contributed by atoms with Crippen LogP contribution < -0.4 is 5.32 Å². The van der Waals surface area contributed by atoms with Gasteiger partial charge in [-0.15, -0.1) is 0 Å². The molecule has 0 radical (unpaired) electrons. The first kappa shape index (κ1) is 12.8. The molecule has 0 saturated carbocycles. The average Bonchev–Trinajstić information content (AvgIpc) is 2.33. The number of benzene rings is 2. The average molecular weight is 357 g/mol. The lowest BCUT2D eigenvalue weighted by Crippen LogP contribution is -1.97. The molecule has 0 unspecified atom stereocenters. The summed E-state index contributed by atoms with van der Waals surface area (Å²) < 4.78 is 13.7. The van der Waals surface area contributed by atoms with Crippen molar-refractivity contribution in [2.75, 3.05) is 5.32 Å². The molecule has 3 nitrogen and oxygen atoms in total. The first-order valence-electron chi connectivity index (χ1n) is 5.12. The molecule has 0 aromatic heterocycles. The van der Waals surface area contributed by atoms with Crippen LogP contribution in [0.3, 0.4) is 0 Å². The van der Waals surface area contributed by atoms with E-state index in [0.29, 0.717) is 0 Å². The minimum atomic E-state index is -0.960. The summed E-state index contributed by atoms with van der Waals surface area (Å²) in [7, 11) is 0. The molecule has 2 aromatic rings. The quantitative estimate of drug-likeness (QED) is 0.820. The number of carboxylic acids is 1. The molecule has 2 rings (SSSR count). The maximum absolute atomic E-state index is 12.9. The van der Waals surface area contributed by atoms with E-state index in [9.17, 15) is 9.18 Å². The molecular formula is C13H9FINO2. The third-order valence-electron chi connectivity index (χ3n) is 2.34. The van der Waals surface area contributed by atoms with Crippen molar-refractivity contribution >= 4 is 39.9 Å². The highest BCUT2D eigenvalue weighted by Gasteiger charge is 2.04. The van der Waals surface area contributed by atoms with E-state index in [1.807, 2.05) is 22.6 Å². The molecule has 0 spiro atoms. The largest absolute Gasteiger partial charge is 0.478 e. The van der Waals surface area contributed by atoms with Crippen LogP contribution in [0.15, 0.2) is 42.5 Å². The first-order chi connectivity index (χ1) is 8.56. The highest BCUT2D eigenvalue weighted by Crippen LogP contribution is 2.23. The molecule has 2 N–H and O–H groups in total. The van der Waals surface area contributed by atoms with Gasteiger partial charge in [0.05, 0.1) is 11.3 Å². The highest BCUT2D eigenvalue weighted by molar-refractivity contribution is 14.1. The molecule has 92 valence electrons. The SMILES string of the molecule is O=C(O)c1ccc(Nc2ccc(F)cc2I)cc1. The summed E-state index contributed by atoms with van der Waals surface area (Å²) in [5.74, 6) is -1.25. The van der Waals surface area contributed by atoms with Crippen LogP contribution in [0.1, 0.15) is 10.4 Å². The van der Waals surface area contributed by atoms with Gasteiger partial charge in [0.25, 0.3) is 0 Å². The van der Waals surface area contributed by atoms with E-state index < -0.39 is 5.97 Å². The Morgan fingerprint density at radius 3 is 2.39 bits per heavy atom. The summed E-state index contributed by atoms with van der Waals surface area (Å²) in [5, 5.41) is 11.9. The Kier molecular flexibility index (Phi) is 3.81. The van der Waals surface area contributed by atoms with E-state index in [1.165, 1.54) is 24.3 Å². The Morgan fingerprint density at radius 1 is 1.17 bits per heavy atom. The highest BCUT2D eigenvalue weighted by atomic mass is 127. The summed E-state index contributed by atoms with van der Waals surface area (Å²) >= 11 is 2.03. The van der Waals surface area contributed by atoms with Gasteiger partial charge < -0.3 is 10.4 Å². The number of anilines is 2. The van der Waals surface area contributed by atoms with Gasteiger partial charge in [0.15, 0.2) is 0 Å². The van der Waals surface area contributed by atoms with Crippen molar-refractivity contribution in [2.45, 2.75) is 0 Å². The second-order valence-electron chi connectivity index (χ2n) is 3.63. The Bertz CT molecular complexity index is 584. The van der Waals surface area contributed by atoms with Crippen LogP contribution in [0.2, 0.25) is 0 Å². The summed E-state index contributed by atoms with van der Waals surface area (Å²) in [6, 6.07) is 10.8. The van der Waals surface area contributed by atoms with Gasteiger partial charge in [0.1, 0.15) is 5.82 Å². The zero-order chi connectivity index (χ0) is 13.1. The van der Waals surface area contributed by atoms with Crippen LogP contribution in [-0.4, -0.2) is 11.1 Å². The van der Waals surface area contributed by atoms with Crippen molar-refractivity contribution in [1.82, 2.24) is 0 Å². The fourth-order valence-electron chi connectivity index (χ4n) is 1.44. The van der Waals surface area contributed by atoms with Crippen molar-refractivity contribution in [1.29, 1.82) is 0 Å². The third-order valence-corrected chi connectivity index (χ3v) is 3.23. The van der Waals surface area contributed by atoms with Crippen LogP contribution in [0.5, 0.6) is 0 Å². The van der Waals surface area contributed by atoms with Crippen LogP contribution in [-0.2, 0) is 0 Å². The van der Waals surface area contributed by atoms with Crippen molar-refractivity contribution in [2.24, 2.45) is 0 Å². The lowest BCUT2D eigenvalue weighted by molar-refractivity contribution is 0.0697. The Morgan fingerprint density at radius 2 is 1.83 bits per heavy atom. The van der Waals surface area contributed by atoms with Gasteiger partial charge in [-0.25, -0.2) is 9.18 Å². The first-order valence-corrected chi connectivity index (χ1v) is 6.19. The van der Waals surface area contributed by atoms with E-state index in [1.54, 1.807) is 18.2 Å². The van der Waals surface area contributed by atoms with Crippen LogP contribution in [0, 0.1) is 9.39 Å². The Balaban J connectivity index is 2.21. The summed E-state index contributed by atoms with van der Waals surface area (Å²) in [4.78, 5) is 10.7. The molecular weight excluding hydrogens is 348 g/mol. The summed E-state index contributed by atoms with van der Waals surface area (Å²) in [6.07, 6.45) is 0. The minimum absolute atomic E-state index is 0.231. The number of nitrogens with one attached hydrogen (secondary N) is 1. The van der Waals surface area contributed by atoms with Gasteiger partial charge in [0.2, 0.25) is 0 Å². The van der Waals surface area contributed by atoms with E-state index in [0.717, 1.165) is 14.9 Å². The second-order valence-corrected chi connectivity index (χ2v) is 4.79. The molecule has 0 aliphatic rings. The Labute approximate surface area is 117 Å². The molecule has 5 heteroatoms. The smallest absolute Gasteiger partial charge is 0.335 e. The fraction of sp³-hybridized carbons (Fsp3) is 0. The molecule has 0 bridgehead atoms. The van der Waals surface area contributed by atoms with Gasteiger partial charge in [-0.2, -0.15) is 0 Å². The van der Waals surface area contributed by atoms with Gasteiger partial charge in [-0.05, 0) is 65.1 Å². The topological polar surface area (TPSA) is 49.3 Å². The minimum Gasteiger partial charge on any atom is -0.478 e. The number of hydrogen-bond acceptors (Lipinski definition) is 2. The zero-order valence-electron chi connectivity index (χ0n) is 9.15. The molecule has 0 saturated heterocycles. The van der Waals surface area contributed by atoms with Crippen molar-refractivity contribution in [3.63, 3.8) is 0 Å². The second kappa shape index (κ2) is 5.34. The standard InChI is InChI=1S/C13H9FINO2/c14-9-3-6-12(11(15)7-9)16-10-4-1-8(2-5-10)13(17)18/h1-7,16H,(H,17,18). The third kappa shape index (κ3) is 2.98. The predicted octanol–water partition coefficient (Wildman–Crippen LogP) is 3.87. The van der Waals surface area contributed by atoms with Gasteiger partial charge in [-0.3, -0.25) is 0 Å². The molecule has 0 atom stereocenters. The maximum atomic E-state index is 12.9. The van der Waals surface area contributed by atoms with E-state index in [2.05, 4.69) is 5.32 Å². The summed E-state index contributed by atoms with van der Waals surface area (Å²) in [5.41, 5.74) is 1.76. The van der Waals surface area contributed by atoms with Crippen LogP contribution >= 0.6 is 22.6 Å². The van der Waals surface area contributed by atoms with Crippen molar-refractivity contribution in [3.8, 4) is 0 Å². The molecule has 0 amide bonds. The molecule has 0 fully saturated rings. The zero-order valence-corrected chi connectivity index (χ0v) is 11.3. The molecule has 2 aromatic carbocycles. The van der Waals surface area contributed by atoms with Gasteiger partial charge >= 0.3 is 5.97 Å². The molecule has 0 aliphatic heterocycles.